The fraction of sp³-hybridized carbons (Fsp3) is 0.467. The number of anilines is 2. The third kappa shape index (κ3) is 2.70. The van der Waals surface area contributed by atoms with Crippen LogP contribution in [0.3, 0.4) is 0 Å². The predicted octanol–water partition coefficient (Wildman–Crippen LogP) is 2.56. The second kappa shape index (κ2) is 4.93. The number of carbonyl (C=O) groups excluding carboxylic acids is 1. The van der Waals surface area contributed by atoms with E-state index in [0.29, 0.717) is 13.0 Å². The molecule has 0 atom stereocenters. The number of fused-ring (bicyclic) bond motifs is 1. The zero-order valence-electron chi connectivity index (χ0n) is 11.7. The molecule has 0 aliphatic carbocycles. The lowest BCUT2D eigenvalue weighted by molar-refractivity contribution is -0.119. The van der Waals surface area contributed by atoms with Gasteiger partial charge in [0.05, 0.1) is 11.5 Å². The lowest BCUT2D eigenvalue weighted by atomic mass is 9.92. The van der Waals surface area contributed by atoms with Crippen molar-refractivity contribution in [3.05, 3.63) is 23.8 Å². The quantitative estimate of drug-likeness (QED) is 0.905. The fourth-order valence-electron chi connectivity index (χ4n) is 2.32. The first-order valence-corrected chi connectivity index (χ1v) is 6.49. The molecule has 0 fully saturated rings. The molecule has 1 aromatic rings. The van der Waals surface area contributed by atoms with Gasteiger partial charge >= 0.3 is 0 Å². The van der Waals surface area contributed by atoms with Gasteiger partial charge in [-0.2, -0.15) is 5.26 Å². The smallest absolute Gasteiger partial charge is 0.227 e. The van der Waals surface area contributed by atoms with Gasteiger partial charge in [0.15, 0.2) is 0 Å². The lowest BCUT2D eigenvalue weighted by Gasteiger charge is -2.33. The second-order valence-electron chi connectivity index (χ2n) is 5.57. The molecule has 1 aliphatic heterocycles. The summed E-state index contributed by atoms with van der Waals surface area (Å²) in [6.07, 6.45) is 1.29. The van der Waals surface area contributed by atoms with Gasteiger partial charge in [-0.15, -0.1) is 0 Å². The molecule has 4 nitrogen and oxygen atoms in total. The molecule has 0 bridgehead atoms. The number of carbonyl (C=O) groups is 1. The van der Waals surface area contributed by atoms with Gasteiger partial charge in [0.25, 0.3) is 0 Å². The summed E-state index contributed by atoms with van der Waals surface area (Å²) in [7, 11) is 1.88. The summed E-state index contributed by atoms with van der Waals surface area (Å²) in [5.74, 6) is 0.105. The second-order valence-corrected chi connectivity index (χ2v) is 5.57. The van der Waals surface area contributed by atoms with E-state index in [1.165, 1.54) is 5.56 Å². The Bertz CT molecular complexity index is 543. The van der Waals surface area contributed by atoms with E-state index in [-0.39, 0.29) is 5.91 Å². The largest absolute Gasteiger partial charge is 0.388 e. The molecule has 2 rings (SSSR count). The van der Waals surface area contributed by atoms with Crippen molar-refractivity contribution in [1.82, 2.24) is 0 Å². The maximum Gasteiger partial charge on any atom is 0.227 e. The summed E-state index contributed by atoms with van der Waals surface area (Å²) in [6.45, 7) is 4.15. The highest BCUT2D eigenvalue weighted by molar-refractivity contribution is 5.96. The number of nitriles is 1. The Labute approximate surface area is 114 Å². The number of amides is 1. The number of nitrogens with one attached hydrogen (secondary N) is 1. The monoisotopic (exact) mass is 257 g/mol. The maximum atomic E-state index is 12.1. The minimum absolute atomic E-state index is 0.105. The van der Waals surface area contributed by atoms with Gasteiger partial charge in [-0.1, -0.05) is 0 Å². The van der Waals surface area contributed by atoms with Crippen LogP contribution in [0.1, 0.15) is 25.8 Å². The van der Waals surface area contributed by atoms with Gasteiger partial charge in [0.2, 0.25) is 5.91 Å². The van der Waals surface area contributed by atoms with E-state index in [2.05, 4.69) is 17.5 Å². The van der Waals surface area contributed by atoms with Gasteiger partial charge in [-0.3, -0.25) is 4.79 Å². The van der Waals surface area contributed by atoms with Crippen LogP contribution in [0.2, 0.25) is 0 Å². The van der Waals surface area contributed by atoms with E-state index < -0.39 is 5.41 Å². The summed E-state index contributed by atoms with van der Waals surface area (Å²) in [6, 6.07) is 8.26. The first-order chi connectivity index (χ1) is 8.96. The van der Waals surface area contributed by atoms with Crippen molar-refractivity contribution in [1.29, 1.82) is 5.26 Å². The van der Waals surface area contributed by atoms with Gasteiger partial charge in [0, 0.05) is 31.4 Å². The van der Waals surface area contributed by atoms with Crippen LogP contribution in [0.25, 0.3) is 0 Å². The molecule has 0 saturated carbocycles. The SMILES string of the molecule is CNc1ccc2c(c1)CCC(=O)N2CC(C)(C)C#N. The molecule has 4 heteroatoms. The van der Waals surface area contributed by atoms with E-state index in [9.17, 15) is 4.79 Å². The zero-order chi connectivity index (χ0) is 14.0. The Morgan fingerprint density at radius 1 is 1.42 bits per heavy atom. The normalized spacial score (nSPS) is 14.8. The molecule has 1 N–H and O–H groups in total. The van der Waals surface area contributed by atoms with Gasteiger partial charge in [-0.05, 0) is 44.0 Å². The Balaban J connectivity index is 2.36. The van der Waals surface area contributed by atoms with Gasteiger partial charge in [-0.25, -0.2) is 0 Å². The van der Waals surface area contributed by atoms with E-state index >= 15 is 0 Å². The lowest BCUT2D eigenvalue weighted by Crippen LogP contribution is -2.41. The maximum absolute atomic E-state index is 12.1. The van der Waals surface area contributed by atoms with Crippen LogP contribution in [0, 0.1) is 16.7 Å². The molecule has 100 valence electrons. The molecule has 0 spiro atoms. The van der Waals surface area contributed by atoms with Crippen LogP contribution in [0.5, 0.6) is 0 Å². The first-order valence-electron chi connectivity index (χ1n) is 6.49. The molecule has 0 saturated heterocycles. The first kappa shape index (κ1) is 13.4. The Morgan fingerprint density at radius 3 is 2.79 bits per heavy atom. The number of benzene rings is 1. The molecule has 1 amide bonds. The molecule has 0 aromatic heterocycles. The fourth-order valence-corrected chi connectivity index (χ4v) is 2.32. The van der Waals surface area contributed by atoms with Crippen LogP contribution < -0.4 is 10.2 Å². The Morgan fingerprint density at radius 2 is 2.16 bits per heavy atom. The van der Waals surface area contributed by atoms with E-state index in [0.717, 1.165) is 17.8 Å². The van der Waals surface area contributed by atoms with Crippen LogP contribution in [0.15, 0.2) is 18.2 Å². The third-order valence-electron chi connectivity index (χ3n) is 3.42. The Hall–Kier alpha value is -2.02. The van der Waals surface area contributed by atoms with Crippen LogP contribution in [-0.4, -0.2) is 19.5 Å². The van der Waals surface area contributed by atoms with Crippen LogP contribution in [0.4, 0.5) is 11.4 Å². The minimum atomic E-state index is -0.536. The minimum Gasteiger partial charge on any atom is -0.388 e. The van der Waals surface area contributed by atoms with E-state index in [1.54, 1.807) is 4.90 Å². The van der Waals surface area contributed by atoms with Crippen molar-refractivity contribution < 1.29 is 4.79 Å². The molecule has 0 unspecified atom stereocenters. The molecule has 1 aromatic carbocycles. The molecular formula is C15H19N3O. The van der Waals surface area contributed by atoms with Crippen LogP contribution in [-0.2, 0) is 11.2 Å². The molecule has 0 radical (unpaired) electrons. The summed E-state index contributed by atoms with van der Waals surface area (Å²) in [5.41, 5.74) is 2.62. The van der Waals surface area contributed by atoms with E-state index in [4.69, 9.17) is 5.26 Å². The van der Waals surface area contributed by atoms with Crippen molar-refractivity contribution >= 4 is 17.3 Å². The number of aryl methyl sites for hydroxylation is 1. The number of nitrogens with zero attached hydrogens (tertiary/aromatic N) is 2. The summed E-state index contributed by atoms with van der Waals surface area (Å²) in [4.78, 5) is 13.9. The molecule has 1 heterocycles. The highest BCUT2D eigenvalue weighted by Gasteiger charge is 2.30. The average molecular weight is 257 g/mol. The zero-order valence-corrected chi connectivity index (χ0v) is 11.7. The molecule has 19 heavy (non-hydrogen) atoms. The standard InChI is InChI=1S/C15H19N3O/c1-15(2,9-16)10-18-13-6-5-12(17-3)8-11(13)4-7-14(18)19/h5-6,8,17H,4,7,10H2,1-3H3. The molecule has 1 aliphatic rings. The highest BCUT2D eigenvalue weighted by Crippen LogP contribution is 2.32. The van der Waals surface area contributed by atoms with Gasteiger partial charge < -0.3 is 10.2 Å². The molecular weight excluding hydrogens is 238 g/mol. The van der Waals surface area contributed by atoms with Crippen molar-refractivity contribution in [2.75, 3.05) is 23.8 Å². The number of hydrogen-bond donors (Lipinski definition) is 1. The third-order valence-corrected chi connectivity index (χ3v) is 3.42. The summed E-state index contributed by atoms with van der Waals surface area (Å²) >= 11 is 0. The predicted molar refractivity (Wildman–Crippen MR) is 76.1 cm³/mol. The average Bonchev–Trinajstić information content (AvgIpc) is 2.41. The van der Waals surface area contributed by atoms with E-state index in [1.807, 2.05) is 33.0 Å². The highest BCUT2D eigenvalue weighted by atomic mass is 16.2. The van der Waals surface area contributed by atoms with Crippen molar-refractivity contribution in [3.8, 4) is 6.07 Å². The summed E-state index contributed by atoms with van der Waals surface area (Å²) < 4.78 is 0. The van der Waals surface area contributed by atoms with Crippen molar-refractivity contribution in [2.24, 2.45) is 5.41 Å². The van der Waals surface area contributed by atoms with Gasteiger partial charge in [0.1, 0.15) is 0 Å². The van der Waals surface area contributed by atoms with Crippen molar-refractivity contribution in [2.45, 2.75) is 26.7 Å². The number of hydrogen-bond acceptors (Lipinski definition) is 3. The topological polar surface area (TPSA) is 56.1 Å². The number of rotatable bonds is 3. The van der Waals surface area contributed by atoms with Crippen LogP contribution >= 0.6 is 0 Å². The Kier molecular flexibility index (Phi) is 3.48. The van der Waals surface area contributed by atoms with Crippen molar-refractivity contribution in [3.63, 3.8) is 0 Å². The summed E-state index contributed by atoms with van der Waals surface area (Å²) in [5, 5.41) is 12.2.